The normalized spacial score (nSPS) is 13.0. The number of nitrogens with zero attached hydrogens (tertiary/aromatic N) is 1. The summed E-state index contributed by atoms with van der Waals surface area (Å²) in [4.78, 5) is 11.5. The van der Waals surface area contributed by atoms with Crippen LogP contribution in [0.5, 0.6) is 0 Å². The summed E-state index contributed by atoms with van der Waals surface area (Å²) in [7, 11) is 0.194. The van der Waals surface area contributed by atoms with E-state index in [0.717, 1.165) is 36.3 Å². The third-order valence-corrected chi connectivity index (χ3v) is 3.89. The number of hydrogen-bond acceptors (Lipinski definition) is 5. The highest BCUT2D eigenvalue weighted by atomic mass is 31.1. The van der Waals surface area contributed by atoms with Crippen LogP contribution in [0.15, 0.2) is 4.52 Å². The lowest BCUT2D eigenvalue weighted by molar-refractivity contribution is -0.133. The van der Waals surface area contributed by atoms with Gasteiger partial charge in [0.25, 0.3) is 0 Å². The molecule has 2 atom stereocenters. The molecule has 20 heavy (non-hydrogen) atoms. The van der Waals surface area contributed by atoms with Crippen LogP contribution in [0.2, 0.25) is 0 Å². The zero-order chi connectivity index (χ0) is 15.0. The Morgan fingerprint density at radius 1 is 1.40 bits per heavy atom. The quantitative estimate of drug-likeness (QED) is 0.560. The van der Waals surface area contributed by atoms with Crippen LogP contribution in [0, 0.1) is 13.8 Å². The van der Waals surface area contributed by atoms with E-state index in [-0.39, 0.29) is 27.3 Å². The summed E-state index contributed by atoms with van der Waals surface area (Å²) in [6.45, 7) is 5.92. The topological polar surface area (TPSA) is 72.6 Å². The molecule has 0 aliphatic rings. The number of carbonyl (C=O) groups is 1. The van der Waals surface area contributed by atoms with Crippen LogP contribution in [0.4, 0.5) is 0 Å². The molecule has 6 heteroatoms. The van der Waals surface area contributed by atoms with E-state index < -0.39 is 0 Å². The van der Waals surface area contributed by atoms with E-state index in [1.165, 1.54) is 0 Å². The lowest BCUT2D eigenvalue weighted by Gasteiger charge is -2.14. The summed E-state index contributed by atoms with van der Waals surface area (Å²) in [5.41, 5.74) is 2.00. The SMILES string of the molecule is CPOC(=O)CCC(CCCCO)c1noc(C)c1C. The number of hydrogen-bond donors (Lipinski definition) is 1. The van der Waals surface area contributed by atoms with Gasteiger partial charge in [-0.1, -0.05) is 11.6 Å². The van der Waals surface area contributed by atoms with Crippen molar-refractivity contribution in [3.05, 3.63) is 17.0 Å². The summed E-state index contributed by atoms with van der Waals surface area (Å²) >= 11 is 0. The maximum absolute atomic E-state index is 11.5. The monoisotopic (exact) mass is 301 g/mol. The van der Waals surface area contributed by atoms with Crippen molar-refractivity contribution >= 4 is 14.8 Å². The molecule has 0 fully saturated rings. The molecule has 0 aromatic carbocycles. The first-order valence-corrected chi connectivity index (χ1v) is 8.41. The molecule has 1 N–H and O–H groups in total. The molecule has 0 spiro atoms. The smallest absolute Gasteiger partial charge is 0.308 e. The lowest BCUT2D eigenvalue weighted by Crippen LogP contribution is -2.06. The average Bonchev–Trinajstić information content (AvgIpc) is 2.75. The van der Waals surface area contributed by atoms with Crippen LogP contribution in [-0.4, -0.2) is 29.5 Å². The second kappa shape index (κ2) is 9.09. The molecular weight excluding hydrogens is 277 g/mol. The van der Waals surface area contributed by atoms with Crippen LogP contribution >= 0.6 is 8.81 Å². The maximum atomic E-state index is 11.5. The summed E-state index contributed by atoms with van der Waals surface area (Å²) < 4.78 is 10.2. The molecular formula is C14H24NO4P. The molecule has 0 amide bonds. The Bertz CT molecular complexity index is 419. The van der Waals surface area contributed by atoms with Gasteiger partial charge in [-0.25, -0.2) is 0 Å². The third-order valence-electron chi connectivity index (χ3n) is 3.45. The molecule has 0 saturated carbocycles. The predicted molar refractivity (Wildman–Crippen MR) is 79.2 cm³/mol. The molecule has 0 radical (unpaired) electrons. The van der Waals surface area contributed by atoms with E-state index in [4.69, 9.17) is 14.2 Å². The molecule has 0 aliphatic heterocycles. The molecule has 5 nitrogen and oxygen atoms in total. The van der Waals surface area contributed by atoms with Gasteiger partial charge in [0, 0.05) is 24.5 Å². The van der Waals surface area contributed by atoms with Gasteiger partial charge < -0.3 is 14.2 Å². The van der Waals surface area contributed by atoms with E-state index in [9.17, 15) is 4.79 Å². The zero-order valence-corrected chi connectivity index (χ0v) is 13.4. The Balaban J connectivity index is 2.65. The van der Waals surface area contributed by atoms with E-state index in [0.29, 0.717) is 12.8 Å². The first kappa shape index (κ1) is 17.1. The van der Waals surface area contributed by atoms with Crippen LogP contribution in [0.3, 0.4) is 0 Å². The fourth-order valence-corrected chi connectivity index (χ4v) is 2.52. The van der Waals surface area contributed by atoms with Crippen molar-refractivity contribution in [3.63, 3.8) is 0 Å². The van der Waals surface area contributed by atoms with Gasteiger partial charge in [0.2, 0.25) is 0 Å². The minimum atomic E-state index is -0.157. The van der Waals surface area contributed by atoms with Crippen molar-refractivity contribution in [2.75, 3.05) is 13.3 Å². The number of aromatic nitrogens is 1. The van der Waals surface area contributed by atoms with Gasteiger partial charge in [-0.3, -0.25) is 4.79 Å². The number of aliphatic hydroxyl groups excluding tert-OH is 1. The Labute approximate surface area is 121 Å². The number of rotatable bonds is 9. The highest BCUT2D eigenvalue weighted by Crippen LogP contribution is 2.30. The van der Waals surface area contributed by atoms with Crippen molar-refractivity contribution < 1.29 is 18.9 Å². The van der Waals surface area contributed by atoms with E-state index in [1.54, 1.807) is 0 Å². The molecule has 1 aromatic heterocycles. The molecule has 0 bridgehead atoms. The zero-order valence-electron chi connectivity index (χ0n) is 12.4. The summed E-state index contributed by atoms with van der Waals surface area (Å²) in [5.74, 6) is 0.854. The Morgan fingerprint density at radius 2 is 2.15 bits per heavy atom. The number of aryl methyl sites for hydroxylation is 1. The van der Waals surface area contributed by atoms with E-state index >= 15 is 0 Å². The summed E-state index contributed by atoms with van der Waals surface area (Å²) in [6, 6.07) is 0. The standard InChI is InChI=1S/C14H24NO4P/c1-10-11(2)18-15-14(10)12(6-4-5-9-16)7-8-13(17)19-20-3/h12,16,20H,4-9H2,1-3H3. The first-order chi connectivity index (χ1) is 9.60. The average molecular weight is 301 g/mol. The molecule has 2 unspecified atom stereocenters. The van der Waals surface area contributed by atoms with Gasteiger partial charge >= 0.3 is 5.97 Å². The van der Waals surface area contributed by atoms with Gasteiger partial charge in [-0.15, -0.1) is 0 Å². The van der Waals surface area contributed by atoms with Crippen LogP contribution in [0.1, 0.15) is 55.0 Å². The first-order valence-electron chi connectivity index (χ1n) is 7.00. The van der Waals surface area contributed by atoms with Crippen LogP contribution in [-0.2, 0) is 9.32 Å². The van der Waals surface area contributed by atoms with Crippen LogP contribution < -0.4 is 0 Å². The third kappa shape index (κ3) is 5.22. The van der Waals surface area contributed by atoms with E-state index in [2.05, 4.69) is 5.16 Å². The minimum absolute atomic E-state index is 0.157. The van der Waals surface area contributed by atoms with Gasteiger partial charge in [0.15, 0.2) is 0 Å². The summed E-state index contributed by atoms with van der Waals surface area (Å²) in [6.07, 6.45) is 3.69. The second-order valence-corrected chi connectivity index (χ2v) is 5.49. The Hall–Kier alpha value is -0.930. The lowest BCUT2D eigenvalue weighted by atomic mass is 9.91. The molecule has 0 aliphatic carbocycles. The van der Waals surface area contributed by atoms with Gasteiger partial charge in [0.05, 0.1) is 14.5 Å². The molecule has 114 valence electrons. The Kier molecular flexibility index (Phi) is 7.78. The molecule has 1 rings (SSSR count). The molecule has 1 aromatic rings. The second-order valence-electron chi connectivity index (χ2n) is 4.88. The van der Waals surface area contributed by atoms with Crippen LogP contribution in [0.25, 0.3) is 0 Å². The highest BCUT2D eigenvalue weighted by molar-refractivity contribution is 7.31. The van der Waals surface area contributed by atoms with Gasteiger partial charge in [0.1, 0.15) is 5.76 Å². The highest BCUT2D eigenvalue weighted by Gasteiger charge is 2.20. The largest absolute Gasteiger partial charge is 0.449 e. The predicted octanol–water partition coefficient (Wildman–Crippen LogP) is 3.08. The Morgan fingerprint density at radius 3 is 2.70 bits per heavy atom. The molecule has 0 saturated heterocycles. The van der Waals surface area contributed by atoms with Crippen molar-refractivity contribution in [2.45, 2.75) is 51.9 Å². The van der Waals surface area contributed by atoms with E-state index in [1.807, 2.05) is 20.5 Å². The fraction of sp³-hybridized carbons (Fsp3) is 0.714. The number of carbonyl (C=O) groups excluding carboxylic acids is 1. The minimum Gasteiger partial charge on any atom is -0.449 e. The summed E-state index contributed by atoms with van der Waals surface area (Å²) in [5, 5.41) is 13.0. The van der Waals surface area contributed by atoms with Crippen molar-refractivity contribution in [1.82, 2.24) is 5.16 Å². The van der Waals surface area contributed by atoms with Crippen molar-refractivity contribution in [2.24, 2.45) is 0 Å². The number of aliphatic hydroxyl groups is 1. The van der Waals surface area contributed by atoms with Crippen molar-refractivity contribution in [3.8, 4) is 0 Å². The van der Waals surface area contributed by atoms with Gasteiger partial charge in [-0.2, -0.15) is 0 Å². The van der Waals surface area contributed by atoms with Gasteiger partial charge in [-0.05, 0) is 39.8 Å². The fourth-order valence-electron chi connectivity index (χ4n) is 2.19. The van der Waals surface area contributed by atoms with Crippen molar-refractivity contribution in [1.29, 1.82) is 0 Å². The maximum Gasteiger partial charge on any atom is 0.308 e. The number of unbranched alkanes of at least 4 members (excludes halogenated alkanes) is 1. The molecule has 1 heterocycles.